The molecule has 5 nitrogen and oxygen atoms in total. The van der Waals surface area contributed by atoms with E-state index < -0.39 is 6.10 Å². The molecule has 1 unspecified atom stereocenters. The summed E-state index contributed by atoms with van der Waals surface area (Å²) in [7, 11) is 1.61. The van der Waals surface area contributed by atoms with E-state index in [1.54, 1.807) is 19.2 Å². The number of aliphatic hydroxyl groups excluding tert-OH is 1. The standard InChI is InChI=1S/C16H20N2O3/c1-10(2)15(19)9-17-16(20)14-6-4-11-8-12(21-3)5-7-13(11)18-14/h4-8,10,15,19H,9H2,1-3H3,(H,17,20). The third-order valence-electron chi connectivity index (χ3n) is 3.37. The molecule has 1 aromatic heterocycles. The van der Waals surface area contributed by atoms with Gasteiger partial charge in [-0.05, 0) is 30.2 Å². The van der Waals surface area contributed by atoms with Crippen LogP contribution in [0.5, 0.6) is 5.75 Å². The molecule has 0 aliphatic heterocycles. The number of carbonyl (C=O) groups excluding carboxylic acids is 1. The Bertz CT molecular complexity index is 640. The first-order valence-corrected chi connectivity index (χ1v) is 6.92. The number of methoxy groups -OCH3 is 1. The van der Waals surface area contributed by atoms with Crippen LogP contribution in [0.15, 0.2) is 30.3 Å². The van der Waals surface area contributed by atoms with Gasteiger partial charge in [0, 0.05) is 11.9 Å². The zero-order valence-corrected chi connectivity index (χ0v) is 12.5. The van der Waals surface area contributed by atoms with Gasteiger partial charge in [-0.3, -0.25) is 4.79 Å². The van der Waals surface area contributed by atoms with E-state index in [4.69, 9.17) is 4.74 Å². The molecule has 112 valence electrons. The number of fused-ring (bicyclic) bond motifs is 1. The molecule has 2 N–H and O–H groups in total. The Morgan fingerprint density at radius 3 is 2.76 bits per heavy atom. The molecule has 2 aromatic rings. The maximum Gasteiger partial charge on any atom is 0.269 e. The molecule has 0 aliphatic carbocycles. The van der Waals surface area contributed by atoms with Crippen LogP contribution in [0.4, 0.5) is 0 Å². The maximum atomic E-state index is 12.0. The lowest BCUT2D eigenvalue weighted by atomic mass is 10.1. The first-order valence-electron chi connectivity index (χ1n) is 6.92. The maximum absolute atomic E-state index is 12.0. The van der Waals surface area contributed by atoms with Crippen LogP contribution in [0.3, 0.4) is 0 Å². The Balaban J connectivity index is 2.13. The van der Waals surface area contributed by atoms with Crippen molar-refractivity contribution in [1.82, 2.24) is 10.3 Å². The summed E-state index contributed by atoms with van der Waals surface area (Å²) in [4.78, 5) is 16.4. The van der Waals surface area contributed by atoms with Crippen LogP contribution in [0.25, 0.3) is 10.9 Å². The number of nitrogens with one attached hydrogen (secondary N) is 1. The van der Waals surface area contributed by atoms with E-state index in [1.165, 1.54) is 0 Å². The highest BCUT2D eigenvalue weighted by Gasteiger charge is 2.13. The van der Waals surface area contributed by atoms with Crippen LogP contribution in [0.1, 0.15) is 24.3 Å². The molecule has 21 heavy (non-hydrogen) atoms. The highest BCUT2D eigenvalue weighted by atomic mass is 16.5. The van der Waals surface area contributed by atoms with Gasteiger partial charge < -0.3 is 15.2 Å². The lowest BCUT2D eigenvalue weighted by Crippen LogP contribution is -2.35. The molecule has 1 amide bonds. The molecule has 0 fully saturated rings. The van der Waals surface area contributed by atoms with Gasteiger partial charge in [0.25, 0.3) is 5.91 Å². The molecular weight excluding hydrogens is 268 g/mol. The van der Waals surface area contributed by atoms with E-state index in [1.807, 2.05) is 32.0 Å². The topological polar surface area (TPSA) is 71.5 Å². The molecule has 0 bridgehead atoms. The summed E-state index contributed by atoms with van der Waals surface area (Å²) >= 11 is 0. The van der Waals surface area contributed by atoms with E-state index in [-0.39, 0.29) is 18.4 Å². The lowest BCUT2D eigenvalue weighted by Gasteiger charge is -2.14. The molecule has 1 aromatic carbocycles. The SMILES string of the molecule is COc1ccc2nc(C(=O)NCC(O)C(C)C)ccc2c1. The zero-order chi connectivity index (χ0) is 15.4. The van der Waals surface area contributed by atoms with Gasteiger partial charge in [0.2, 0.25) is 0 Å². The predicted octanol–water partition coefficient (Wildman–Crippen LogP) is 1.99. The number of pyridine rings is 1. The van der Waals surface area contributed by atoms with E-state index in [0.29, 0.717) is 5.69 Å². The molecule has 2 rings (SSSR count). The van der Waals surface area contributed by atoms with Gasteiger partial charge in [-0.1, -0.05) is 19.9 Å². The number of hydrogen-bond donors (Lipinski definition) is 2. The largest absolute Gasteiger partial charge is 0.497 e. The summed E-state index contributed by atoms with van der Waals surface area (Å²) in [5, 5.41) is 13.3. The highest BCUT2D eigenvalue weighted by Crippen LogP contribution is 2.19. The average molecular weight is 288 g/mol. The smallest absolute Gasteiger partial charge is 0.269 e. The van der Waals surface area contributed by atoms with E-state index in [2.05, 4.69) is 10.3 Å². The number of hydrogen-bond acceptors (Lipinski definition) is 4. The minimum Gasteiger partial charge on any atom is -0.497 e. The number of rotatable bonds is 5. The Kier molecular flexibility index (Phi) is 4.75. The molecule has 1 heterocycles. The number of amides is 1. The molecule has 0 saturated heterocycles. The number of ether oxygens (including phenoxy) is 1. The Morgan fingerprint density at radius 1 is 1.33 bits per heavy atom. The number of nitrogens with zero attached hydrogens (tertiary/aromatic N) is 1. The molecule has 1 atom stereocenters. The van der Waals surface area contributed by atoms with Crippen LogP contribution >= 0.6 is 0 Å². The van der Waals surface area contributed by atoms with E-state index in [0.717, 1.165) is 16.7 Å². The third-order valence-corrected chi connectivity index (χ3v) is 3.37. The van der Waals surface area contributed by atoms with Crippen LogP contribution in [-0.2, 0) is 0 Å². The summed E-state index contributed by atoms with van der Waals surface area (Å²) in [5.74, 6) is 0.566. The molecule has 0 saturated carbocycles. The average Bonchev–Trinajstić information content (AvgIpc) is 2.50. The number of benzene rings is 1. The highest BCUT2D eigenvalue weighted by molar-refractivity contribution is 5.95. The fourth-order valence-corrected chi connectivity index (χ4v) is 1.88. The second-order valence-corrected chi connectivity index (χ2v) is 5.28. The molecule has 0 spiro atoms. The van der Waals surface area contributed by atoms with Crippen LogP contribution in [-0.4, -0.2) is 35.8 Å². The van der Waals surface area contributed by atoms with E-state index in [9.17, 15) is 9.90 Å². The van der Waals surface area contributed by atoms with Crippen LogP contribution in [0, 0.1) is 5.92 Å². The van der Waals surface area contributed by atoms with Crippen molar-refractivity contribution in [3.05, 3.63) is 36.0 Å². The van der Waals surface area contributed by atoms with Gasteiger partial charge in [-0.15, -0.1) is 0 Å². The number of aliphatic hydroxyl groups is 1. The lowest BCUT2D eigenvalue weighted by molar-refractivity contribution is 0.0867. The van der Waals surface area contributed by atoms with Crippen molar-refractivity contribution < 1.29 is 14.6 Å². The fraction of sp³-hybridized carbons (Fsp3) is 0.375. The number of aromatic nitrogens is 1. The van der Waals surface area contributed by atoms with Gasteiger partial charge in [0.05, 0.1) is 18.7 Å². The second kappa shape index (κ2) is 6.54. The summed E-state index contributed by atoms with van der Waals surface area (Å²) in [6.07, 6.45) is -0.557. The monoisotopic (exact) mass is 288 g/mol. The Morgan fingerprint density at radius 2 is 2.10 bits per heavy atom. The Hall–Kier alpha value is -2.14. The normalized spacial score (nSPS) is 12.4. The summed E-state index contributed by atoms with van der Waals surface area (Å²) in [6, 6.07) is 8.98. The zero-order valence-electron chi connectivity index (χ0n) is 12.5. The van der Waals surface area contributed by atoms with Crippen molar-refractivity contribution in [2.45, 2.75) is 20.0 Å². The first kappa shape index (κ1) is 15.3. The van der Waals surface area contributed by atoms with Crippen LogP contribution in [0.2, 0.25) is 0 Å². The molecule has 0 aliphatic rings. The van der Waals surface area contributed by atoms with Gasteiger partial charge in [-0.25, -0.2) is 4.98 Å². The quantitative estimate of drug-likeness (QED) is 0.882. The van der Waals surface area contributed by atoms with Gasteiger partial charge in [-0.2, -0.15) is 0 Å². The molecular formula is C16H20N2O3. The van der Waals surface area contributed by atoms with Gasteiger partial charge in [0.1, 0.15) is 11.4 Å². The summed E-state index contributed by atoms with van der Waals surface area (Å²) < 4.78 is 5.15. The molecule has 5 heteroatoms. The van der Waals surface area contributed by atoms with Gasteiger partial charge in [0.15, 0.2) is 0 Å². The van der Waals surface area contributed by atoms with Crippen molar-refractivity contribution in [2.24, 2.45) is 5.92 Å². The molecule has 0 radical (unpaired) electrons. The fourth-order valence-electron chi connectivity index (χ4n) is 1.88. The minimum atomic E-state index is -0.557. The second-order valence-electron chi connectivity index (χ2n) is 5.28. The van der Waals surface area contributed by atoms with E-state index >= 15 is 0 Å². The van der Waals surface area contributed by atoms with Crippen molar-refractivity contribution >= 4 is 16.8 Å². The first-order chi connectivity index (χ1) is 10.0. The van der Waals surface area contributed by atoms with Gasteiger partial charge >= 0.3 is 0 Å². The predicted molar refractivity (Wildman–Crippen MR) is 81.5 cm³/mol. The number of carbonyl (C=O) groups is 1. The summed E-state index contributed by atoms with van der Waals surface area (Å²) in [5.41, 5.74) is 1.07. The van der Waals surface area contributed by atoms with Crippen molar-refractivity contribution in [2.75, 3.05) is 13.7 Å². The van der Waals surface area contributed by atoms with Crippen molar-refractivity contribution in [1.29, 1.82) is 0 Å². The third kappa shape index (κ3) is 3.70. The summed E-state index contributed by atoms with van der Waals surface area (Å²) in [6.45, 7) is 4.02. The Labute approximate surface area is 124 Å². The van der Waals surface area contributed by atoms with Crippen molar-refractivity contribution in [3.8, 4) is 5.75 Å². The minimum absolute atomic E-state index is 0.0994. The van der Waals surface area contributed by atoms with Crippen molar-refractivity contribution in [3.63, 3.8) is 0 Å². The van der Waals surface area contributed by atoms with Crippen LogP contribution < -0.4 is 10.1 Å².